The zero-order valence-corrected chi connectivity index (χ0v) is 9.53. The molecule has 0 saturated heterocycles. The van der Waals surface area contributed by atoms with Gasteiger partial charge in [-0.2, -0.15) is 13.2 Å². The van der Waals surface area contributed by atoms with Crippen molar-refractivity contribution >= 4 is 5.97 Å². The standard InChI is InChI=1S/C11H10F3NO4/c12-11(13,14)6-1-2-8-9(19-4-18-8)5(6)3-7(15)10(16)17/h1-2,7H,3-4,15H2,(H,16,17). The number of aliphatic carboxylic acids is 1. The topological polar surface area (TPSA) is 81.8 Å². The molecule has 3 N–H and O–H groups in total. The lowest BCUT2D eigenvalue weighted by Gasteiger charge is -2.16. The van der Waals surface area contributed by atoms with Crippen molar-refractivity contribution in [2.45, 2.75) is 18.6 Å². The lowest BCUT2D eigenvalue weighted by atomic mass is 9.98. The minimum absolute atomic E-state index is 0.0912. The minimum Gasteiger partial charge on any atom is -0.480 e. The third-order valence-corrected chi connectivity index (χ3v) is 2.69. The second kappa shape index (κ2) is 4.61. The zero-order chi connectivity index (χ0) is 14.2. The molecule has 0 spiro atoms. The van der Waals surface area contributed by atoms with Gasteiger partial charge in [-0.05, 0) is 12.1 Å². The van der Waals surface area contributed by atoms with Crippen molar-refractivity contribution in [3.8, 4) is 11.5 Å². The van der Waals surface area contributed by atoms with Crippen LogP contribution in [0.3, 0.4) is 0 Å². The molecule has 1 unspecified atom stereocenters. The molecular formula is C11H10F3NO4. The van der Waals surface area contributed by atoms with E-state index in [0.29, 0.717) is 0 Å². The Morgan fingerprint density at radius 3 is 2.68 bits per heavy atom. The fraction of sp³-hybridized carbons (Fsp3) is 0.364. The number of benzene rings is 1. The summed E-state index contributed by atoms with van der Waals surface area (Å²) in [6, 6.07) is 0.523. The van der Waals surface area contributed by atoms with Crippen LogP contribution in [0, 0.1) is 0 Å². The molecule has 0 amide bonds. The number of carboxylic acids is 1. The smallest absolute Gasteiger partial charge is 0.416 e. The van der Waals surface area contributed by atoms with Gasteiger partial charge < -0.3 is 20.3 Å². The number of hydrogen-bond acceptors (Lipinski definition) is 4. The average Bonchev–Trinajstić information content (AvgIpc) is 2.75. The van der Waals surface area contributed by atoms with Crippen LogP contribution in [-0.4, -0.2) is 23.9 Å². The third kappa shape index (κ3) is 2.58. The highest BCUT2D eigenvalue weighted by Gasteiger charge is 2.37. The highest BCUT2D eigenvalue weighted by atomic mass is 19.4. The molecule has 19 heavy (non-hydrogen) atoms. The van der Waals surface area contributed by atoms with Gasteiger partial charge >= 0.3 is 12.1 Å². The number of alkyl halides is 3. The van der Waals surface area contributed by atoms with Crippen LogP contribution >= 0.6 is 0 Å². The van der Waals surface area contributed by atoms with Crippen molar-refractivity contribution in [2.75, 3.05) is 6.79 Å². The summed E-state index contributed by atoms with van der Waals surface area (Å²) in [5.41, 5.74) is 4.03. The Labute approximate surface area is 105 Å². The molecule has 0 saturated carbocycles. The molecule has 1 heterocycles. The second-order valence-electron chi connectivity index (χ2n) is 3.97. The first-order valence-corrected chi connectivity index (χ1v) is 5.27. The molecule has 0 aliphatic carbocycles. The highest BCUT2D eigenvalue weighted by Crippen LogP contribution is 2.43. The molecule has 5 nitrogen and oxygen atoms in total. The van der Waals surface area contributed by atoms with Gasteiger partial charge in [0.1, 0.15) is 6.04 Å². The molecule has 1 aliphatic heterocycles. The van der Waals surface area contributed by atoms with E-state index in [4.69, 9.17) is 20.3 Å². The summed E-state index contributed by atoms with van der Waals surface area (Å²) in [4.78, 5) is 10.7. The highest BCUT2D eigenvalue weighted by molar-refractivity contribution is 5.74. The number of halogens is 3. The number of ether oxygens (including phenoxy) is 2. The number of carboxylic acid groups (broad SMARTS) is 1. The van der Waals surface area contributed by atoms with Crippen LogP contribution in [0.15, 0.2) is 12.1 Å². The van der Waals surface area contributed by atoms with Gasteiger partial charge in [0.05, 0.1) is 5.56 Å². The SMILES string of the molecule is NC(Cc1c(C(F)(F)F)ccc2c1OCO2)C(=O)O. The van der Waals surface area contributed by atoms with Gasteiger partial charge in [-0.3, -0.25) is 4.79 Å². The summed E-state index contributed by atoms with van der Waals surface area (Å²) in [5, 5.41) is 8.71. The predicted octanol–water partition coefficient (Wildman–Crippen LogP) is 1.39. The first-order valence-electron chi connectivity index (χ1n) is 5.27. The van der Waals surface area contributed by atoms with E-state index in [0.717, 1.165) is 12.1 Å². The van der Waals surface area contributed by atoms with E-state index >= 15 is 0 Å². The number of nitrogens with two attached hydrogens (primary N) is 1. The van der Waals surface area contributed by atoms with Crippen molar-refractivity contribution in [1.29, 1.82) is 0 Å². The first kappa shape index (κ1) is 13.5. The van der Waals surface area contributed by atoms with Crippen molar-refractivity contribution in [2.24, 2.45) is 5.73 Å². The molecule has 1 aromatic rings. The lowest BCUT2D eigenvalue weighted by Crippen LogP contribution is -2.33. The lowest BCUT2D eigenvalue weighted by molar-refractivity contribution is -0.141. The van der Waals surface area contributed by atoms with E-state index in [1.54, 1.807) is 0 Å². The number of hydrogen-bond donors (Lipinski definition) is 2. The normalized spacial score (nSPS) is 15.4. The van der Waals surface area contributed by atoms with Crippen molar-refractivity contribution in [1.82, 2.24) is 0 Å². The van der Waals surface area contributed by atoms with Crippen molar-refractivity contribution < 1.29 is 32.5 Å². The predicted molar refractivity (Wildman–Crippen MR) is 56.9 cm³/mol. The summed E-state index contributed by atoms with van der Waals surface area (Å²) in [7, 11) is 0. The maximum absolute atomic E-state index is 12.9. The molecule has 8 heteroatoms. The first-order chi connectivity index (χ1) is 8.80. The molecule has 1 aliphatic rings. The number of rotatable bonds is 3. The Morgan fingerprint density at radius 2 is 2.11 bits per heavy atom. The maximum atomic E-state index is 12.9. The second-order valence-corrected chi connectivity index (χ2v) is 3.97. The Morgan fingerprint density at radius 1 is 1.42 bits per heavy atom. The average molecular weight is 277 g/mol. The molecule has 2 rings (SSSR count). The van der Waals surface area contributed by atoms with Gasteiger partial charge in [-0.15, -0.1) is 0 Å². The van der Waals surface area contributed by atoms with E-state index in [1.807, 2.05) is 0 Å². The van der Waals surface area contributed by atoms with Gasteiger partial charge in [0.25, 0.3) is 0 Å². The van der Waals surface area contributed by atoms with Crippen LogP contribution in [-0.2, 0) is 17.4 Å². The van der Waals surface area contributed by atoms with E-state index in [2.05, 4.69) is 0 Å². The molecule has 104 valence electrons. The van der Waals surface area contributed by atoms with Crippen LogP contribution in [0.25, 0.3) is 0 Å². The Kier molecular flexibility index (Phi) is 3.27. The summed E-state index contributed by atoms with van der Waals surface area (Å²) >= 11 is 0. The van der Waals surface area contributed by atoms with Crippen LogP contribution in [0.2, 0.25) is 0 Å². The number of carbonyl (C=O) groups is 1. The molecule has 0 bridgehead atoms. The maximum Gasteiger partial charge on any atom is 0.416 e. The van der Waals surface area contributed by atoms with Gasteiger partial charge in [0.2, 0.25) is 6.79 Å². The van der Waals surface area contributed by atoms with Crippen molar-refractivity contribution in [3.63, 3.8) is 0 Å². The largest absolute Gasteiger partial charge is 0.480 e. The van der Waals surface area contributed by atoms with Gasteiger partial charge in [-0.25, -0.2) is 0 Å². The summed E-state index contributed by atoms with van der Waals surface area (Å²) in [6.07, 6.45) is -5.11. The van der Waals surface area contributed by atoms with Crippen LogP contribution in [0.1, 0.15) is 11.1 Å². The van der Waals surface area contributed by atoms with Gasteiger partial charge in [0.15, 0.2) is 11.5 Å². The molecule has 1 aromatic carbocycles. The van der Waals surface area contributed by atoms with Gasteiger partial charge in [-0.1, -0.05) is 0 Å². The Balaban J connectivity index is 2.48. The Hall–Kier alpha value is -1.96. The van der Waals surface area contributed by atoms with Crippen molar-refractivity contribution in [3.05, 3.63) is 23.3 Å². The van der Waals surface area contributed by atoms with Crippen LogP contribution < -0.4 is 15.2 Å². The molecule has 0 aromatic heterocycles. The fourth-order valence-electron chi connectivity index (χ4n) is 1.81. The third-order valence-electron chi connectivity index (χ3n) is 2.69. The van der Waals surface area contributed by atoms with Crippen LogP contribution in [0.5, 0.6) is 11.5 Å². The van der Waals surface area contributed by atoms with E-state index in [1.165, 1.54) is 0 Å². The number of fused-ring (bicyclic) bond motifs is 1. The summed E-state index contributed by atoms with van der Waals surface area (Å²) in [6.45, 7) is -0.202. The molecule has 0 radical (unpaired) electrons. The van der Waals surface area contributed by atoms with E-state index in [9.17, 15) is 18.0 Å². The zero-order valence-electron chi connectivity index (χ0n) is 9.53. The summed E-state index contributed by atoms with van der Waals surface area (Å²) < 4.78 is 48.6. The van der Waals surface area contributed by atoms with Crippen LogP contribution in [0.4, 0.5) is 13.2 Å². The molecular weight excluding hydrogens is 267 g/mol. The quantitative estimate of drug-likeness (QED) is 0.872. The Bertz CT molecular complexity index is 515. The van der Waals surface area contributed by atoms with E-state index in [-0.39, 0.29) is 23.9 Å². The molecule has 0 fully saturated rings. The fourth-order valence-corrected chi connectivity index (χ4v) is 1.81. The minimum atomic E-state index is -4.62. The molecule has 1 atom stereocenters. The van der Waals surface area contributed by atoms with Gasteiger partial charge in [0, 0.05) is 12.0 Å². The van der Waals surface area contributed by atoms with E-state index < -0.39 is 30.2 Å². The summed E-state index contributed by atoms with van der Waals surface area (Å²) in [5.74, 6) is -1.32. The monoisotopic (exact) mass is 277 g/mol.